The maximum Gasteiger partial charge on any atom is 0.481 e. The van der Waals surface area contributed by atoms with Crippen molar-refractivity contribution in [3.8, 4) is 28.0 Å². The van der Waals surface area contributed by atoms with Crippen molar-refractivity contribution >= 4 is 61.2 Å². The second kappa shape index (κ2) is 22.4. The Morgan fingerprint density at radius 1 is 0.857 bits per heavy atom. The monoisotopic (exact) mass is 1030 g/mol. The van der Waals surface area contributed by atoms with Gasteiger partial charge < -0.3 is 58.7 Å². The SMILES string of the molecule is CCCOc1ccc(-c2ccc(-c3ccc(C(=O)OC[C@@H](OC(C)=O)C4O[C@@H](OP(=O)(O)OP(O)(=S)OC[C@H]5O[C@@H](n6cnc7c(N)ncnc76)C(O)[C@H]5O)C(OC(C)=O)[C@@H](C)[C@@H]4C)cc3)cc2)cc1. The van der Waals surface area contributed by atoms with Gasteiger partial charge >= 0.3 is 32.4 Å². The highest BCUT2D eigenvalue weighted by Crippen LogP contribution is 2.62. The number of ether oxygens (including phenoxy) is 6. The van der Waals surface area contributed by atoms with Crippen LogP contribution in [0.2, 0.25) is 0 Å². The van der Waals surface area contributed by atoms with Crippen LogP contribution in [0.4, 0.5) is 5.82 Å². The number of phosphoric acid groups is 1. The van der Waals surface area contributed by atoms with Crippen LogP contribution in [0.25, 0.3) is 33.4 Å². The molecule has 3 aromatic carbocycles. The summed E-state index contributed by atoms with van der Waals surface area (Å²) in [5.41, 5.74) is 10.2. The number of anilines is 1. The van der Waals surface area contributed by atoms with Crippen LogP contribution in [0.5, 0.6) is 5.75 Å². The molecule has 0 aliphatic carbocycles. The number of hydrogen-bond donors (Lipinski definition) is 5. The number of fused-ring (bicyclic) bond motifs is 1. The number of aliphatic hydroxyl groups is 2. The molecule has 2 fully saturated rings. The zero-order valence-corrected chi connectivity index (χ0v) is 41.1. The fraction of sp³-hybridized carbons (Fsp3) is 0.422. The molecule has 0 spiro atoms. The number of nitrogens with two attached hydrogens (primary N) is 1. The maximum atomic E-state index is 13.5. The summed E-state index contributed by atoms with van der Waals surface area (Å²) in [6.07, 6.45) is -8.35. The lowest BCUT2D eigenvalue weighted by molar-refractivity contribution is -0.270. The molecule has 2 aromatic heterocycles. The number of hydrogen-bond acceptors (Lipinski definition) is 20. The topological polar surface area (TPSA) is 302 Å². The van der Waals surface area contributed by atoms with E-state index in [0.717, 1.165) is 48.3 Å². The third-order valence-electron chi connectivity index (χ3n) is 11.6. The first kappa shape index (κ1) is 52.6. The number of carbonyl (C=O) groups excluding carboxylic acids is 3. The van der Waals surface area contributed by atoms with Crippen LogP contribution < -0.4 is 10.5 Å². The van der Waals surface area contributed by atoms with Crippen molar-refractivity contribution in [2.45, 2.75) is 90.2 Å². The summed E-state index contributed by atoms with van der Waals surface area (Å²) in [6.45, 7) is 2.14. The van der Waals surface area contributed by atoms with Crippen LogP contribution >= 0.6 is 14.5 Å². The number of imidazole rings is 1. The third kappa shape index (κ3) is 12.6. The van der Waals surface area contributed by atoms with Gasteiger partial charge in [-0.25, -0.2) is 28.6 Å². The molecular formula is C45H53N5O17P2S. The Morgan fingerprint density at radius 3 is 2.07 bits per heavy atom. The highest BCUT2D eigenvalue weighted by molar-refractivity contribution is 8.08. The van der Waals surface area contributed by atoms with Crippen molar-refractivity contribution in [3.05, 3.63) is 91.0 Å². The highest BCUT2D eigenvalue weighted by Gasteiger charge is 2.51. The first-order valence-electron chi connectivity index (χ1n) is 22.0. The number of aromatic nitrogens is 4. The Kier molecular flexibility index (Phi) is 16.8. The normalized spacial score (nSPS) is 25.6. The number of phosphoric ester groups is 1. The molecule has 0 radical (unpaired) electrons. The Balaban J connectivity index is 0.980. The molecule has 5 unspecified atom stereocenters. The molecule has 12 atom stereocenters. The lowest BCUT2D eigenvalue weighted by atomic mass is 9.81. The maximum absolute atomic E-state index is 13.5. The summed E-state index contributed by atoms with van der Waals surface area (Å²) in [7, 11) is -5.52. The van der Waals surface area contributed by atoms with Gasteiger partial charge in [-0.1, -0.05) is 69.3 Å². The molecule has 25 heteroatoms. The lowest BCUT2D eigenvalue weighted by Gasteiger charge is -2.45. The number of carbonyl (C=O) groups is 3. The Hall–Kier alpha value is -5.26. The summed E-state index contributed by atoms with van der Waals surface area (Å²) >= 11 is 5.00. The van der Waals surface area contributed by atoms with Gasteiger partial charge in [-0.2, -0.15) is 0 Å². The predicted molar refractivity (Wildman–Crippen MR) is 252 cm³/mol. The van der Waals surface area contributed by atoms with Gasteiger partial charge in [-0.05, 0) is 70.7 Å². The number of nitrogens with zero attached hydrogens (tertiary/aromatic N) is 4. The molecule has 22 nitrogen and oxygen atoms in total. The van der Waals surface area contributed by atoms with E-state index in [1.54, 1.807) is 38.1 Å². The van der Waals surface area contributed by atoms with Gasteiger partial charge in [0.05, 0.1) is 25.1 Å². The van der Waals surface area contributed by atoms with Crippen LogP contribution in [0.15, 0.2) is 85.5 Å². The van der Waals surface area contributed by atoms with E-state index in [1.807, 2.05) is 55.5 Å². The van der Waals surface area contributed by atoms with E-state index in [-0.39, 0.29) is 22.5 Å². The summed E-state index contributed by atoms with van der Waals surface area (Å²) in [5.74, 6) is -2.87. The second-order valence-corrected chi connectivity index (χ2v) is 21.0. The van der Waals surface area contributed by atoms with E-state index in [4.69, 9.17) is 59.3 Å². The van der Waals surface area contributed by atoms with E-state index >= 15 is 0 Å². The van der Waals surface area contributed by atoms with E-state index in [0.29, 0.717) is 6.61 Å². The van der Waals surface area contributed by atoms with E-state index < -0.39 is 107 Å². The minimum absolute atomic E-state index is 0.0570. The quantitative estimate of drug-likeness (QED) is 0.0401. The standard InChI is InChI=1S/C45H53N5O17P2S/c1-6-19-59-33-17-15-31(16-18-33)29-9-7-28(8-10-29)30-11-13-32(14-12-30)44(55)60-20-35(62-26(4)51)39-24(2)25(3)40(63-27(5)52)45(65-39)66-68(56,57)67-69(58,70)61-21-34-37(53)38(54)43(64-34)50-23-49-36-41(46)47-22-48-42(36)50/h7-18,22-25,34-35,37-40,43,45,53-54H,6,19-21H2,1-5H3,(H,56,57)(H,58,70)(H2,46,47,48)/t24-,25-,34+,35+,37-,38?,39?,40?,43+,45-,69?/m0/s1. The fourth-order valence-electron chi connectivity index (χ4n) is 7.96. The van der Waals surface area contributed by atoms with E-state index in [1.165, 1.54) is 17.2 Å². The van der Waals surface area contributed by atoms with Gasteiger partial charge in [0.2, 0.25) is 6.29 Å². The van der Waals surface area contributed by atoms with Crippen molar-refractivity contribution in [2.24, 2.45) is 11.8 Å². The van der Waals surface area contributed by atoms with Crippen molar-refractivity contribution in [1.29, 1.82) is 0 Å². The molecule has 6 N–H and O–H groups in total. The average molecular weight is 1030 g/mol. The largest absolute Gasteiger partial charge is 0.494 e. The van der Waals surface area contributed by atoms with Crippen LogP contribution in [-0.4, -0.2) is 120 Å². The van der Waals surface area contributed by atoms with E-state index in [9.17, 15) is 38.9 Å². The summed E-state index contributed by atoms with van der Waals surface area (Å²) in [6, 6.07) is 22.5. The molecule has 2 saturated heterocycles. The number of nitrogen functional groups attached to an aromatic ring is 1. The Morgan fingerprint density at radius 2 is 1.47 bits per heavy atom. The molecule has 0 bridgehead atoms. The second-order valence-electron chi connectivity index (χ2n) is 16.6. The fourth-order valence-corrected chi connectivity index (χ4v) is 11.1. The summed E-state index contributed by atoms with van der Waals surface area (Å²) in [5, 5.41) is 21.6. The van der Waals surface area contributed by atoms with Gasteiger partial charge in [0, 0.05) is 19.8 Å². The van der Waals surface area contributed by atoms with Gasteiger partial charge in [0.25, 0.3) is 0 Å². The lowest BCUT2D eigenvalue weighted by Crippen LogP contribution is -2.56. The van der Waals surface area contributed by atoms with Gasteiger partial charge in [-0.3, -0.25) is 18.7 Å². The summed E-state index contributed by atoms with van der Waals surface area (Å²) < 4.78 is 64.5. The van der Waals surface area contributed by atoms with Crippen LogP contribution in [0.3, 0.4) is 0 Å². The third-order valence-corrected chi connectivity index (χ3v) is 15.1. The number of esters is 3. The van der Waals surface area contributed by atoms with Crippen molar-refractivity contribution in [2.75, 3.05) is 25.6 Å². The molecule has 376 valence electrons. The molecule has 0 amide bonds. The van der Waals surface area contributed by atoms with Crippen LogP contribution in [0, 0.1) is 11.8 Å². The first-order valence-corrected chi connectivity index (χ1v) is 26.1. The van der Waals surface area contributed by atoms with Gasteiger partial charge in [-0.15, -0.1) is 0 Å². The van der Waals surface area contributed by atoms with Crippen LogP contribution in [-0.2, 0) is 63.0 Å². The minimum Gasteiger partial charge on any atom is -0.494 e. The zero-order chi connectivity index (χ0) is 50.5. The Bertz CT molecular complexity index is 2730. The Labute approximate surface area is 406 Å². The van der Waals surface area contributed by atoms with Gasteiger partial charge in [0.15, 0.2) is 29.9 Å². The molecule has 2 aliphatic heterocycles. The smallest absolute Gasteiger partial charge is 0.481 e. The molecule has 4 heterocycles. The average Bonchev–Trinajstić information content (AvgIpc) is 3.88. The molecule has 0 saturated carbocycles. The zero-order valence-electron chi connectivity index (χ0n) is 38.4. The summed E-state index contributed by atoms with van der Waals surface area (Å²) in [4.78, 5) is 72.0. The van der Waals surface area contributed by atoms with Crippen molar-refractivity contribution < 1.29 is 80.7 Å². The van der Waals surface area contributed by atoms with Crippen LogP contribution in [0.1, 0.15) is 57.6 Å². The number of benzene rings is 3. The molecule has 7 rings (SSSR count). The predicted octanol–water partition coefficient (Wildman–Crippen LogP) is 5.24. The van der Waals surface area contributed by atoms with Crippen molar-refractivity contribution in [1.82, 2.24) is 19.5 Å². The molecule has 70 heavy (non-hydrogen) atoms. The first-order chi connectivity index (χ1) is 33.2. The minimum atomic E-state index is -5.52. The molecule has 5 aromatic rings. The molecule has 2 aliphatic rings. The number of aliphatic hydroxyl groups excluding tert-OH is 2. The van der Waals surface area contributed by atoms with E-state index in [2.05, 4.69) is 15.0 Å². The number of rotatable bonds is 19. The van der Waals surface area contributed by atoms with Gasteiger partial charge in [0.1, 0.15) is 48.6 Å². The molecular weight excluding hydrogens is 977 g/mol. The van der Waals surface area contributed by atoms with Crippen molar-refractivity contribution in [3.63, 3.8) is 0 Å². The highest BCUT2D eigenvalue weighted by atomic mass is 32.5.